The molecule has 1 aromatic heterocycles. The van der Waals surface area contributed by atoms with Crippen LogP contribution in [0.4, 0.5) is 0 Å². The number of aryl methyl sites for hydroxylation is 2. The quantitative estimate of drug-likeness (QED) is 0.804. The van der Waals surface area contributed by atoms with Crippen LogP contribution in [-0.4, -0.2) is 15.6 Å². The highest BCUT2D eigenvalue weighted by Gasteiger charge is 2.20. The summed E-state index contributed by atoms with van der Waals surface area (Å²) in [6.45, 7) is 4.36. The number of ketones is 1. The summed E-state index contributed by atoms with van der Waals surface area (Å²) in [5.74, 6) is -0.153. The number of hydrogen-bond donors (Lipinski definition) is 0. The van der Waals surface area contributed by atoms with Gasteiger partial charge in [0.2, 0.25) is 5.78 Å². The smallest absolute Gasteiger partial charge is 0.212 e. The zero-order chi connectivity index (χ0) is 13.3. The molecule has 0 unspecified atom stereocenters. The topological polar surface area (TPSA) is 34.9 Å². The molecule has 0 N–H and O–H groups in total. The van der Waals surface area contributed by atoms with Crippen molar-refractivity contribution in [3.8, 4) is 0 Å². The Balaban J connectivity index is 2.54. The highest BCUT2D eigenvalue weighted by molar-refractivity contribution is 6.35. The van der Waals surface area contributed by atoms with E-state index in [9.17, 15) is 4.79 Å². The summed E-state index contributed by atoms with van der Waals surface area (Å²) in [6, 6.07) is 5.23. The summed E-state index contributed by atoms with van der Waals surface area (Å²) in [4.78, 5) is 12.5. The van der Waals surface area contributed by atoms with E-state index in [2.05, 4.69) is 5.10 Å². The molecule has 2 rings (SSSR count). The van der Waals surface area contributed by atoms with Crippen LogP contribution in [0.25, 0.3) is 0 Å². The zero-order valence-corrected chi connectivity index (χ0v) is 11.6. The molecule has 5 heteroatoms. The Morgan fingerprint density at radius 1 is 1.39 bits per heavy atom. The van der Waals surface area contributed by atoms with Crippen LogP contribution in [0.2, 0.25) is 10.0 Å². The fourth-order valence-electron chi connectivity index (χ4n) is 1.79. The van der Waals surface area contributed by atoms with Gasteiger partial charge in [-0.15, -0.1) is 0 Å². The lowest BCUT2D eigenvalue weighted by molar-refractivity contribution is 0.102. The lowest BCUT2D eigenvalue weighted by atomic mass is 10.0. The van der Waals surface area contributed by atoms with Crippen LogP contribution >= 0.6 is 23.2 Å². The van der Waals surface area contributed by atoms with E-state index in [1.807, 2.05) is 19.9 Å². The SMILES string of the molecule is CCn1ncc(Cl)c1C(=O)c1cc(Cl)ccc1C. The van der Waals surface area contributed by atoms with E-state index in [1.54, 1.807) is 16.8 Å². The van der Waals surface area contributed by atoms with Crippen molar-refractivity contribution in [3.05, 3.63) is 51.3 Å². The van der Waals surface area contributed by atoms with Crippen LogP contribution in [0.1, 0.15) is 28.5 Å². The maximum atomic E-state index is 12.5. The summed E-state index contributed by atoms with van der Waals surface area (Å²) in [6.07, 6.45) is 1.48. The Labute approximate surface area is 115 Å². The molecule has 1 heterocycles. The monoisotopic (exact) mass is 282 g/mol. The highest BCUT2D eigenvalue weighted by Crippen LogP contribution is 2.23. The molecule has 0 bridgehead atoms. The van der Waals surface area contributed by atoms with Crippen LogP contribution in [0, 0.1) is 6.92 Å². The fraction of sp³-hybridized carbons (Fsp3) is 0.231. The van der Waals surface area contributed by atoms with Gasteiger partial charge in [0.15, 0.2) is 0 Å². The number of nitrogens with zero attached hydrogens (tertiary/aromatic N) is 2. The van der Waals surface area contributed by atoms with Gasteiger partial charge in [-0.2, -0.15) is 5.10 Å². The van der Waals surface area contributed by atoms with Crippen molar-refractivity contribution in [2.24, 2.45) is 0 Å². The van der Waals surface area contributed by atoms with Gasteiger partial charge in [0, 0.05) is 17.1 Å². The van der Waals surface area contributed by atoms with Gasteiger partial charge in [0.25, 0.3) is 0 Å². The zero-order valence-electron chi connectivity index (χ0n) is 10.1. The molecule has 1 aromatic carbocycles. The maximum Gasteiger partial charge on any atom is 0.212 e. The lowest BCUT2D eigenvalue weighted by Crippen LogP contribution is -2.12. The molecule has 0 spiro atoms. The van der Waals surface area contributed by atoms with Gasteiger partial charge in [-0.3, -0.25) is 9.48 Å². The summed E-state index contributed by atoms with van der Waals surface area (Å²) in [5, 5.41) is 4.96. The minimum Gasteiger partial charge on any atom is -0.287 e. The number of aromatic nitrogens is 2. The summed E-state index contributed by atoms with van der Waals surface area (Å²) >= 11 is 12.0. The number of carbonyl (C=O) groups is 1. The molecule has 3 nitrogen and oxygen atoms in total. The lowest BCUT2D eigenvalue weighted by Gasteiger charge is -2.07. The summed E-state index contributed by atoms with van der Waals surface area (Å²) in [7, 11) is 0. The van der Waals surface area contributed by atoms with Crippen LogP contribution in [0.15, 0.2) is 24.4 Å². The van der Waals surface area contributed by atoms with E-state index in [0.29, 0.717) is 27.8 Å². The van der Waals surface area contributed by atoms with E-state index < -0.39 is 0 Å². The third kappa shape index (κ3) is 2.28. The minimum absolute atomic E-state index is 0.153. The van der Waals surface area contributed by atoms with Crippen molar-refractivity contribution in [1.82, 2.24) is 9.78 Å². The molecule has 0 amide bonds. The Kier molecular flexibility index (Phi) is 3.73. The van der Waals surface area contributed by atoms with E-state index in [0.717, 1.165) is 5.56 Å². The third-order valence-electron chi connectivity index (χ3n) is 2.75. The number of benzene rings is 1. The Bertz CT molecular complexity index is 605. The first-order valence-electron chi connectivity index (χ1n) is 5.56. The van der Waals surface area contributed by atoms with Gasteiger partial charge in [0.1, 0.15) is 5.69 Å². The predicted molar refractivity (Wildman–Crippen MR) is 72.5 cm³/mol. The van der Waals surface area contributed by atoms with Crippen molar-refractivity contribution in [3.63, 3.8) is 0 Å². The molecule has 2 aromatic rings. The second kappa shape index (κ2) is 5.12. The Hall–Kier alpha value is -1.32. The molecule has 0 saturated carbocycles. The first-order chi connectivity index (χ1) is 8.54. The van der Waals surface area contributed by atoms with Crippen molar-refractivity contribution < 1.29 is 4.79 Å². The van der Waals surface area contributed by atoms with E-state index >= 15 is 0 Å². The molecular formula is C13H12Cl2N2O. The second-order valence-electron chi connectivity index (χ2n) is 3.95. The second-order valence-corrected chi connectivity index (χ2v) is 4.79. The standard InChI is InChI=1S/C13H12Cl2N2O/c1-3-17-12(11(15)7-16-17)13(18)10-6-9(14)5-4-8(10)2/h4-7H,3H2,1-2H3. The van der Waals surface area contributed by atoms with Gasteiger partial charge in [-0.25, -0.2) is 0 Å². The Morgan fingerprint density at radius 3 is 2.78 bits per heavy atom. The summed E-state index contributed by atoms with van der Waals surface area (Å²) in [5.41, 5.74) is 1.83. The van der Waals surface area contributed by atoms with Crippen LogP contribution in [-0.2, 0) is 6.54 Å². The third-order valence-corrected chi connectivity index (χ3v) is 3.27. The molecule has 0 aliphatic rings. The van der Waals surface area contributed by atoms with Crippen LogP contribution in [0.3, 0.4) is 0 Å². The highest BCUT2D eigenvalue weighted by atomic mass is 35.5. The molecule has 94 valence electrons. The van der Waals surface area contributed by atoms with Gasteiger partial charge in [-0.1, -0.05) is 29.3 Å². The first kappa shape index (κ1) is 13.1. The molecule has 0 saturated heterocycles. The van der Waals surface area contributed by atoms with Gasteiger partial charge < -0.3 is 0 Å². The average Bonchev–Trinajstić information content (AvgIpc) is 2.72. The normalized spacial score (nSPS) is 10.7. The largest absolute Gasteiger partial charge is 0.287 e. The van der Waals surface area contributed by atoms with Crippen molar-refractivity contribution in [2.45, 2.75) is 20.4 Å². The molecular weight excluding hydrogens is 271 g/mol. The number of halogens is 2. The number of hydrogen-bond acceptors (Lipinski definition) is 2. The van der Waals surface area contributed by atoms with Crippen LogP contribution in [0.5, 0.6) is 0 Å². The summed E-state index contributed by atoms with van der Waals surface area (Å²) < 4.78 is 1.59. The van der Waals surface area contributed by atoms with Crippen molar-refractivity contribution >= 4 is 29.0 Å². The minimum atomic E-state index is -0.153. The van der Waals surface area contributed by atoms with Crippen LogP contribution < -0.4 is 0 Å². The van der Waals surface area contributed by atoms with E-state index in [1.165, 1.54) is 6.20 Å². The molecule has 0 aliphatic heterocycles. The molecule has 0 aliphatic carbocycles. The van der Waals surface area contributed by atoms with Gasteiger partial charge in [-0.05, 0) is 31.5 Å². The molecule has 0 atom stereocenters. The van der Waals surface area contributed by atoms with Crippen molar-refractivity contribution in [1.29, 1.82) is 0 Å². The molecule has 0 fully saturated rings. The van der Waals surface area contributed by atoms with Gasteiger partial charge in [0.05, 0.1) is 11.2 Å². The first-order valence-corrected chi connectivity index (χ1v) is 6.32. The molecule has 0 radical (unpaired) electrons. The van der Waals surface area contributed by atoms with Crippen molar-refractivity contribution in [2.75, 3.05) is 0 Å². The number of rotatable bonds is 3. The van der Waals surface area contributed by atoms with Gasteiger partial charge >= 0.3 is 0 Å². The average molecular weight is 283 g/mol. The predicted octanol–water partition coefficient (Wildman–Crippen LogP) is 3.75. The fourth-order valence-corrected chi connectivity index (χ4v) is 2.19. The Morgan fingerprint density at radius 2 is 2.11 bits per heavy atom. The number of carbonyl (C=O) groups excluding carboxylic acids is 1. The molecule has 18 heavy (non-hydrogen) atoms. The maximum absolute atomic E-state index is 12.5. The van der Waals surface area contributed by atoms with E-state index in [-0.39, 0.29) is 5.78 Å². The van der Waals surface area contributed by atoms with E-state index in [4.69, 9.17) is 23.2 Å².